The van der Waals surface area contributed by atoms with Gasteiger partial charge in [-0.05, 0) is 17.7 Å². The Labute approximate surface area is 74.5 Å². The van der Waals surface area contributed by atoms with Crippen LogP contribution in [0.15, 0.2) is 24.3 Å². The van der Waals surface area contributed by atoms with Crippen LogP contribution in [0.3, 0.4) is 0 Å². The quantitative estimate of drug-likeness (QED) is 0.740. The molecule has 2 nitrogen and oxygen atoms in total. The molecule has 0 bridgehead atoms. The molecule has 1 atom stereocenters. The number of halogens is 2. The van der Waals surface area contributed by atoms with Crippen LogP contribution < -0.4 is 4.74 Å². The smallest absolute Gasteiger partial charge is 0.316 e. The highest BCUT2D eigenvalue weighted by Crippen LogP contribution is 2.20. The maximum absolute atomic E-state index is 12.2. The van der Waals surface area contributed by atoms with E-state index in [1.54, 1.807) is 24.3 Å². The number of aliphatic hydroxyl groups excluding tert-OH is 1. The van der Waals surface area contributed by atoms with Gasteiger partial charge >= 0.3 is 5.82 Å². The Balaban J connectivity index is 2.82. The van der Waals surface area contributed by atoms with Crippen molar-refractivity contribution < 1.29 is 14.2 Å². The Morgan fingerprint density at radius 3 is 2.75 bits per heavy atom. The van der Waals surface area contributed by atoms with Gasteiger partial charge in [-0.25, -0.2) is 0 Å². The van der Waals surface area contributed by atoms with Crippen molar-refractivity contribution in [2.75, 3.05) is 0 Å². The minimum atomic E-state index is -1.88. The zero-order valence-corrected chi connectivity index (χ0v) is 6.96. The van der Waals surface area contributed by atoms with E-state index >= 15 is 0 Å². The first-order valence-corrected chi connectivity index (χ1v) is 3.81. The van der Waals surface area contributed by atoms with Gasteiger partial charge < -0.3 is 9.84 Å². The van der Waals surface area contributed by atoms with E-state index in [0.717, 1.165) is 0 Å². The Hall–Kier alpha value is -0.800. The van der Waals surface area contributed by atoms with Gasteiger partial charge in [0.2, 0.25) is 0 Å². The van der Waals surface area contributed by atoms with Crippen LogP contribution in [-0.4, -0.2) is 10.9 Å². The van der Waals surface area contributed by atoms with E-state index < -0.39 is 5.82 Å². The molecule has 0 aliphatic rings. The number of hydrogen-bond acceptors (Lipinski definition) is 2. The standard InChI is InChI=1S/C8H8ClFO2/c9-8(10)12-7-4-2-1-3-6(7)5-11/h1-4,8,11H,5H2. The number of ether oxygens (including phenoxy) is 1. The monoisotopic (exact) mass is 190 g/mol. The molecule has 0 saturated carbocycles. The second kappa shape index (κ2) is 4.28. The fourth-order valence-electron chi connectivity index (χ4n) is 0.845. The van der Waals surface area contributed by atoms with Crippen molar-refractivity contribution in [2.24, 2.45) is 0 Å². The lowest BCUT2D eigenvalue weighted by Crippen LogP contribution is -2.02. The summed E-state index contributed by atoms with van der Waals surface area (Å²) in [6.07, 6.45) is 0. The average Bonchev–Trinajstić information content (AvgIpc) is 2.04. The van der Waals surface area contributed by atoms with Gasteiger partial charge in [0.15, 0.2) is 0 Å². The molecule has 0 fully saturated rings. The van der Waals surface area contributed by atoms with Gasteiger partial charge in [0.25, 0.3) is 0 Å². The highest BCUT2D eigenvalue weighted by molar-refractivity contribution is 6.18. The topological polar surface area (TPSA) is 29.5 Å². The van der Waals surface area contributed by atoms with Crippen molar-refractivity contribution in [3.8, 4) is 5.75 Å². The number of aliphatic hydroxyl groups is 1. The lowest BCUT2D eigenvalue weighted by atomic mass is 10.2. The van der Waals surface area contributed by atoms with Crippen LogP contribution in [0.5, 0.6) is 5.75 Å². The fourth-order valence-corrected chi connectivity index (χ4v) is 0.941. The zero-order valence-electron chi connectivity index (χ0n) is 6.21. The summed E-state index contributed by atoms with van der Waals surface area (Å²) in [5.41, 5.74) is 0.515. The molecule has 1 unspecified atom stereocenters. The SMILES string of the molecule is OCc1ccccc1OC(F)Cl. The summed E-state index contributed by atoms with van der Waals surface area (Å²) >= 11 is 4.97. The van der Waals surface area contributed by atoms with Crippen molar-refractivity contribution in [1.29, 1.82) is 0 Å². The summed E-state index contributed by atoms with van der Waals surface area (Å²) in [4.78, 5) is 0. The first-order chi connectivity index (χ1) is 5.74. The number of para-hydroxylation sites is 1. The average molecular weight is 191 g/mol. The lowest BCUT2D eigenvalue weighted by Gasteiger charge is -2.08. The molecule has 1 N–H and O–H groups in total. The van der Waals surface area contributed by atoms with Gasteiger partial charge in [-0.15, -0.1) is 0 Å². The maximum Gasteiger partial charge on any atom is 0.316 e. The van der Waals surface area contributed by atoms with E-state index in [4.69, 9.17) is 16.7 Å². The highest BCUT2D eigenvalue weighted by Gasteiger charge is 2.05. The normalized spacial score (nSPS) is 12.6. The molecule has 0 amide bonds. The third-order valence-electron chi connectivity index (χ3n) is 1.36. The van der Waals surface area contributed by atoms with Crippen LogP contribution >= 0.6 is 11.6 Å². The molecule has 0 spiro atoms. The Bertz CT molecular complexity index is 253. The molecule has 0 aliphatic heterocycles. The third-order valence-corrected chi connectivity index (χ3v) is 1.45. The van der Waals surface area contributed by atoms with Crippen molar-refractivity contribution in [1.82, 2.24) is 0 Å². The Kier molecular flexibility index (Phi) is 3.31. The summed E-state index contributed by atoms with van der Waals surface area (Å²) in [6, 6.07) is 6.57. The first-order valence-electron chi connectivity index (χ1n) is 3.37. The van der Waals surface area contributed by atoms with E-state index in [0.29, 0.717) is 5.56 Å². The van der Waals surface area contributed by atoms with Crippen LogP contribution in [0.1, 0.15) is 5.56 Å². The van der Waals surface area contributed by atoms with Gasteiger partial charge in [0, 0.05) is 5.56 Å². The molecule has 0 aromatic heterocycles. The van der Waals surface area contributed by atoms with E-state index in [1.165, 1.54) is 0 Å². The number of rotatable bonds is 3. The second-order valence-electron chi connectivity index (χ2n) is 2.14. The molecular formula is C8H8ClFO2. The number of hydrogen-bond donors (Lipinski definition) is 1. The van der Waals surface area contributed by atoms with Crippen molar-refractivity contribution in [3.63, 3.8) is 0 Å². The molecular weight excluding hydrogens is 183 g/mol. The predicted molar refractivity (Wildman–Crippen MR) is 43.7 cm³/mol. The summed E-state index contributed by atoms with van der Waals surface area (Å²) in [6.45, 7) is -0.195. The van der Waals surface area contributed by atoms with Crippen LogP contribution in [0.25, 0.3) is 0 Å². The van der Waals surface area contributed by atoms with Gasteiger partial charge in [-0.2, -0.15) is 4.39 Å². The van der Waals surface area contributed by atoms with Crippen LogP contribution in [0.2, 0.25) is 0 Å². The Morgan fingerprint density at radius 2 is 2.17 bits per heavy atom. The maximum atomic E-state index is 12.2. The van der Waals surface area contributed by atoms with E-state index in [-0.39, 0.29) is 12.4 Å². The third kappa shape index (κ3) is 2.36. The molecule has 12 heavy (non-hydrogen) atoms. The minimum absolute atomic E-state index is 0.195. The minimum Gasteiger partial charge on any atom is -0.447 e. The largest absolute Gasteiger partial charge is 0.447 e. The molecule has 1 aromatic rings. The molecule has 66 valence electrons. The lowest BCUT2D eigenvalue weighted by molar-refractivity contribution is 0.142. The van der Waals surface area contributed by atoms with Crippen molar-refractivity contribution in [2.45, 2.75) is 12.4 Å². The predicted octanol–water partition coefficient (Wildman–Crippen LogP) is 2.05. The molecule has 1 rings (SSSR count). The Morgan fingerprint density at radius 1 is 1.50 bits per heavy atom. The molecule has 0 saturated heterocycles. The number of benzene rings is 1. The van der Waals surface area contributed by atoms with Gasteiger partial charge in [0.05, 0.1) is 6.61 Å². The van der Waals surface area contributed by atoms with Gasteiger partial charge in [-0.3, -0.25) is 0 Å². The molecule has 0 aliphatic carbocycles. The fraction of sp³-hybridized carbons (Fsp3) is 0.250. The van der Waals surface area contributed by atoms with Crippen molar-refractivity contribution >= 4 is 11.6 Å². The number of alkyl halides is 2. The van der Waals surface area contributed by atoms with Crippen molar-refractivity contribution in [3.05, 3.63) is 29.8 Å². The van der Waals surface area contributed by atoms with Gasteiger partial charge in [-0.1, -0.05) is 18.2 Å². The van der Waals surface area contributed by atoms with Crippen LogP contribution in [0.4, 0.5) is 4.39 Å². The van der Waals surface area contributed by atoms with Crippen LogP contribution in [0, 0.1) is 0 Å². The molecule has 1 aromatic carbocycles. The first kappa shape index (κ1) is 9.29. The van der Waals surface area contributed by atoms with E-state index in [1.807, 2.05) is 0 Å². The second-order valence-corrected chi connectivity index (χ2v) is 2.49. The molecule has 4 heteroatoms. The van der Waals surface area contributed by atoms with Crippen LogP contribution in [-0.2, 0) is 6.61 Å². The summed E-state index contributed by atoms with van der Waals surface area (Å²) in [7, 11) is 0. The zero-order chi connectivity index (χ0) is 8.97. The molecule has 0 radical (unpaired) electrons. The molecule has 0 heterocycles. The van der Waals surface area contributed by atoms with Gasteiger partial charge in [0.1, 0.15) is 5.75 Å². The highest BCUT2D eigenvalue weighted by atomic mass is 35.5. The van der Waals surface area contributed by atoms with E-state index in [2.05, 4.69) is 4.74 Å². The summed E-state index contributed by atoms with van der Waals surface area (Å²) in [5.74, 6) is -1.61. The summed E-state index contributed by atoms with van der Waals surface area (Å²) in [5, 5.41) is 8.79. The summed E-state index contributed by atoms with van der Waals surface area (Å²) < 4.78 is 16.7. The van der Waals surface area contributed by atoms with E-state index in [9.17, 15) is 4.39 Å².